The summed E-state index contributed by atoms with van der Waals surface area (Å²) in [6, 6.07) is 7.08. The van der Waals surface area contributed by atoms with Gasteiger partial charge in [-0.25, -0.2) is 0 Å². The lowest BCUT2D eigenvalue weighted by Crippen LogP contribution is -2.10. The molecule has 102 valence electrons. The third kappa shape index (κ3) is 5.52. The van der Waals surface area contributed by atoms with Crippen LogP contribution in [0.3, 0.4) is 0 Å². The summed E-state index contributed by atoms with van der Waals surface area (Å²) in [4.78, 5) is 0. The molecule has 1 aromatic carbocycles. The van der Waals surface area contributed by atoms with Crippen molar-refractivity contribution < 1.29 is 14.6 Å². The Morgan fingerprint density at radius 2 is 1.67 bits per heavy atom. The predicted octanol–water partition coefficient (Wildman–Crippen LogP) is 4.02. The van der Waals surface area contributed by atoms with E-state index >= 15 is 0 Å². The fourth-order valence-electron chi connectivity index (χ4n) is 1.58. The van der Waals surface area contributed by atoms with Crippen molar-refractivity contribution in [3.8, 4) is 5.75 Å². The van der Waals surface area contributed by atoms with Gasteiger partial charge in [0.1, 0.15) is 5.75 Å². The van der Waals surface area contributed by atoms with Crippen LogP contribution in [-0.2, 0) is 9.47 Å². The van der Waals surface area contributed by atoms with Gasteiger partial charge in [0.15, 0.2) is 6.29 Å². The first-order valence-corrected chi connectivity index (χ1v) is 6.80. The minimum absolute atomic E-state index is 0.246. The predicted molar refractivity (Wildman–Crippen MR) is 72.6 cm³/mol. The van der Waals surface area contributed by atoms with E-state index in [9.17, 15) is 5.11 Å². The molecule has 0 aromatic heterocycles. The maximum Gasteiger partial charge on any atom is 0.183 e. The Balaban J connectivity index is 2.57. The molecule has 1 aromatic rings. The molecule has 0 saturated carbocycles. The maximum atomic E-state index is 9.49. The molecule has 0 heterocycles. The highest BCUT2D eigenvalue weighted by Crippen LogP contribution is 2.23. The molecular formula is C15H24O3. The molecule has 0 spiro atoms. The molecule has 1 N–H and O–H groups in total. The van der Waals surface area contributed by atoms with Gasteiger partial charge in [0, 0.05) is 5.56 Å². The summed E-state index contributed by atoms with van der Waals surface area (Å²) in [6.07, 6.45) is 3.87. The van der Waals surface area contributed by atoms with E-state index < -0.39 is 0 Å². The van der Waals surface area contributed by atoms with Crippen molar-refractivity contribution in [2.45, 2.75) is 45.8 Å². The first kappa shape index (κ1) is 15.0. The van der Waals surface area contributed by atoms with E-state index in [-0.39, 0.29) is 12.0 Å². The SMILES string of the molecule is CCCCOC(OCCCC)c1cccc(O)c1. The normalized spacial score (nSPS) is 11.1. The second kappa shape index (κ2) is 8.95. The zero-order valence-corrected chi connectivity index (χ0v) is 11.4. The van der Waals surface area contributed by atoms with Crippen molar-refractivity contribution in [3.63, 3.8) is 0 Å². The number of aromatic hydroxyl groups is 1. The van der Waals surface area contributed by atoms with E-state index in [1.165, 1.54) is 0 Å². The van der Waals surface area contributed by atoms with Crippen LogP contribution in [0.25, 0.3) is 0 Å². The number of unbranched alkanes of at least 4 members (excludes halogenated alkanes) is 2. The number of rotatable bonds is 9. The van der Waals surface area contributed by atoms with Gasteiger partial charge < -0.3 is 14.6 Å². The first-order chi connectivity index (χ1) is 8.77. The zero-order chi connectivity index (χ0) is 13.2. The van der Waals surface area contributed by atoms with E-state index in [2.05, 4.69) is 13.8 Å². The zero-order valence-electron chi connectivity index (χ0n) is 11.4. The van der Waals surface area contributed by atoms with Gasteiger partial charge in [-0.05, 0) is 25.0 Å². The van der Waals surface area contributed by atoms with Crippen LogP contribution >= 0.6 is 0 Å². The molecule has 0 bridgehead atoms. The summed E-state index contributed by atoms with van der Waals surface area (Å²) in [7, 11) is 0. The van der Waals surface area contributed by atoms with Gasteiger partial charge >= 0.3 is 0 Å². The Hall–Kier alpha value is -1.06. The molecule has 3 nitrogen and oxygen atoms in total. The maximum absolute atomic E-state index is 9.49. The Bertz CT molecular complexity index is 315. The molecule has 0 aliphatic carbocycles. The van der Waals surface area contributed by atoms with Gasteiger partial charge in [-0.2, -0.15) is 0 Å². The van der Waals surface area contributed by atoms with Gasteiger partial charge in [-0.1, -0.05) is 38.8 Å². The second-order valence-electron chi connectivity index (χ2n) is 4.38. The number of phenolic OH excluding ortho intramolecular Hbond substituents is 1. The van der Waals surface area contributed by atoms with Gasteiger partial charge in [-0.3, -0.25) is 0 Å². The largest absolute Gasteiger partial charge is 0.508 e. The molecule has 0 saturated heterocycles. The summed E-state index contributed by atoms with van der Waals surface area (Å²) in [5.41, 5.74) is 0.877. The fraction of sp³-hybridized carbons (Fsp3) is 0.600. The van der Waals surface area contributed by atoms with E-state index in [4.69, 9.17) is 9.47 Å². The number of hydrogen-bond donors (Lipinski definition) is 1. The van der Waals surface area contributed by atoms with Gasteiger partial charge in [-0.15, -0.1) is 0 Å². The molecule has 0 aliphatic rings. The lowest BCUT2D eigenvalue weighted by atomic mass is 10.2. The van der Waals surface area contributed by atoms with Crippen LogP contribution in [0.5, 0.6) is 5.75 Å². The molecular weight excluding hydrogens is 228 g/mol. The average molecular weight is 252 g/mol. The van der Waals surface area contributed by atoms with Crippen molar-refractivity contribution in [1.82, 2.24) is 0 Å². The molecule has 0 fully saturated rings. The lowest BCUT2D eigenvalue weighted by molar-refractivity contribution is -0.148. The third-order valence-corrected chi connectivity index (χ3v) is 2.68. The topological polar surface area (TPSA) is 38.7 Å². The van der Waals surface area contributed by atoms with Crippen molar-refractivity contribution in [2.24, 2.45) is 0 Å². The van der Waals surface area contributed by atoms with Crippen molar-refractivity contribution in [1.29, 1.82) is 0 Å². The number of ether oxygens (including phenoxy) is 2. The summed E-state index contributed by atoms with van der Waals surface area (Å²) < 4.78 is 11.5. The van der Waals surface area contributed by atoms with Gasteiger partial charge in [0.25, 0.3) is 0 Å². The van der Waals surface area contributed by atoms with Crippen LogP contribution in [-0.4, -0.2) is 18.3 Å². The summed E-state index contributed by atoms with van der Waals surface area (Å²) >= 11 is 0. The first-order valence-electron chi connectivity index (χ1n) is 6.80. The van der Waals surface area contributed by atoms with E-state index in [1.807, 2.05) is 12.1 Å². The van der Waals surface area contributed by atoms with Gasteiger partial charge in [0.05, 0.1) is 13.2 Å². The lowest BCUT2D eigenvalue weighted by Gasteiger charge is -2.19. The number of benzene rings is 1. The van der Waals surface area contributed by atoms with Crippen LogP contribution in [0.15, 0.2) is 24.3 Å². The Morgan fingerprint density at radius 1 is 1.06 bits per heavy atom. The Kier molecular flexibility index (Phi) is 7.46. The number of phenols is 1. The average Bonchev–Trinajstić information content (AvgIpc) is 2.37. The second-order valence-corrected chi connectivity index (χ2v) is 4.38. The van der Waals surface area contributed by atoms with Crippen LogP contribution in [0, 0.1) is 0 Å². The fourth-order valence-corrected chi connectivity index (χ4v) is 1.58. The van der Waals surface area contributed by atoms with Crippen molar-refractivity contribution in [2.75, 3.05) is 13.2 Å². The quantitative estimate of drug-likeness (QED) is 0.533. The summed E-state index contributed by atoms with van der Waals surface area (Å²) in [5.74, 6) is 0.246. The third-order valence-electron chi connectivity index (χ3n) is 2.68. The Morgan fingerprint density at radius 3 is 2.17 bits per heavy atom. The highest BCUT2D eigenvalue weighted by molar-refractivity contribution is 5.27. The van der Waals surface area contributed by atoms with Crippen LogP contribution in [0.2, 0.25) is 0 Å². The number of hydrogen-bond acceptors (Lipinski definition) is 3. The van der Waals surface area contributed by atoms with Crippen LogP contribution in [0.1, 0.15) is 51.4 Å². The minimum Gasteiger partial charge on any atom is -0.508 e. The molecule has 0 aliphatic heterocycles. The van der Waals surface area contributed by atoms with E-state index in [0.717, 1.165) is 31.2 Å². The van der Waals surface area contributed by atoms with Gasteiger partial charge in [0.2, 0.25) is 0 Å². The smallest absolute Gasteiger partial charge is 0.183 e. The van der Waals surface area contributed by atoms with Crippen molar-refractivity contribution >= 4 is 0 Å². The minimum atomic E-state index is -0.366. The Labute approximate surface area is 110 Å². The molecule has 3 heteroatoms. The van der Waals surface area contributed by atoms with Crippen molar-refractivity contribution in [3.05, 3.63) is 29.8 Å². The summed E-state index contributed by atoms with van der Waals surface area (Å²) in [6.45, 7) is 5.63. The van der Waals surface area contributed by atoms with Crippen LogP contribution in [0.4, 0.5) is 0 Å². The highest BCUT2D eigenvalue weighted by Gasteiger charge is 2.12. The van der Waals surface area contributed by atoms with E-state index in [0.29, 0.717) is 13.2 Å². The molecule has 0 atom stereocenters. The van der Waals surface area contributed by atoms with E-state index in [1.54, 1.807) is 12.1 Å². The highest BCUT2D eigenvalue weighted by atomic mass is 16.7. The monoisotopic (exact) mass is 252 g/mol. The molecule has 0 radical (unpaired) electrons. The summed E-state index contributed by atoms with van der Waals surface area (Å²) in [5, 5.41) is 9.49. The molecule has 0 amide bonds. The molecule has 18 heavy (non-hydrogen) atoms. The van der Waals surface area contributed by atoms with Crippen LogP contribution < -0.4 is 0 Å². The molecule has 0 unspecified atom stereocenters. The molecule has 1 rings (SSSR count). The standard InChI is InChI=1S/C15H24O3/c1-3-5-10-17-15(18-11-6-4-2)13-8-7-9-14(16)12-13/h7-9,12,15-16H,3-6,10-11H2,1-2H3.